The highest BCUT2D eigenvalue weighted by atomic mass is 79.9. The Kier molecular flexibility index (Phi) is 10.7. The number of amides is 3. The molecular formula is C33H44BrN3O7. The van der Waals surface area contributed by atoms with Gasteiger partial charge in [0.25, 0.3) is 5.91 Å². The van der Waals surface area contributed by atoms with Gasteiger partial charge in [0, 0.05) is 23.5 Å². The molecule has 3 aliphatic rings. The van der Waals surface area contributed by atoms with Crippen molar-refractivity contribution in [2.45, 2.75) is 88.1 Å². The summed E-state index contributed by atoms with van der Waals surface area (Å²) in [4.78, 5) is 57.8. The molecule has 1 unspecified atom stereocenters. The van der Waals surface area contributed by atoms with Gasteiger partial charge in [-0.25, -0.2) is 0 Å². The Morgan fingerprint density at radius 1 is 1.27 bits per heavy atom. The molecule has 3 heterocycles. The predicted octanol–water partition coefficient (Wildman–Crippen LogP) is 3.36. The van der Waals surface area contributed by atoms with Crippen LogP contribution in [0.2, 0.25) is 0 Å². The second-order valence-corrected chi connectivity index (χ2v) is 13.2. The number of esters is 1. The minimum atomic E-state index is -1.31. The zero-order valence-corrected chi connectivity index (χ0v) is 27.5. The summed E-state index contributed by atoms with van der Waals surface area (Å²) < 4.78 is 12.4. The zero-order chi connectivity index (χ0) is 32.3. The summed E-state index contributed by atoms with van der Waals surface area (Å²) in [5.74, 6) is -3.49. The molecule has 240 valence electrons. The van der Waals surface area contributed by atoms with E-state index in [1.165, 1.54) is 4.90 Å². The fourth-order valence-electron chi connectivity index (χ4n) is 7.12. The van der Waals surface area contributed by atoms with Crippen LogP contribution in [0.4, 0.5) is 5.69 Å². The third-order valence-corrected chi connectivity index (χ3v) is 9.92. The summed E-state index contributed by atoms with van der Waals surface area (Å²) in [7, 11) is 0. The summed E-state index contributed by atoms with van der Waals surface area (Å²) >= 11 is 3.68. The van der Waals surface area contributed by atoms with Crippen LogP contribution in [-0.4, -0.2) is 88.1 Å². The second-order valence-electron chi connectivity index (χ2n) is 12.0. The van der Waals surface area contributed by atoms with Gasteiger partial charge in [0.1, 0.15) is 17.7 Å². The minimum Gasteiger partial charge on any atom is -0.460 e. The van der Waals surface area contributed by atoms with Crippen LogP contribution in [0.5, 0.6) is 0 Å². The normalized spacial score (nSPS) is 28.3. The quantitative estimate of drug-likeness (QED) is 0.176. The van der Waals surface area contributed by atoms with E-state index in [1.807, 2.05) is 39.0 Å². The Morgan fingerprint density at radius 3 is 2.55 bits per heavy atom. The van der Waals surface area contributed by atoms with E-state index in [1.54, 1.807) is 24.0 Å². The van der Waals surface area contributed by atoms with Gasteiger partial charge in [-0.3, -0.25) is 19.2 Å². The zero-order valence-electron chi connectivity index (χ0n) is 26.0. The van der Waals surface area contributed by atoms with Crippen molar-refractivity contribution in [3.8, 4) is 0 Å². The average Bonchev–Trinajstić information content (AvgIpc) is 3.58. The van der Waals surface area contributed by atoms with Gasteiger partial charge in [0.2, 0.25) is 11.8 Å². The molecule has 0 saturated carbocycles. The molecule has 2 bridgehead atoms. The van der Waals surface area contributed by atoms with Crippen LogP contribution in [-0.2, 0) is 28.7 Å². The number of para-hydroxylation sites is 1. The van der Waals surface area contributed by atoms with Crippen LogP contribution >= 0.6 is 15.9 Å². The fraction of sp³-hybridized carbons (Fsp3) is 0.576. The Balaban J connectivity index is 1.70. The van der Waals surface area contributed by atoms with Crippen LogP contribution in [0.15, 0.2) is 43.5 Å². The van der Waals surface area contributed by atoms with Gasteiger partial charge in [-0.05, 0) is 51.2 Å². The number of fused-ring (bicyclic) bond motifs is 1. The van der Waals surface area contributed by atoms with Crippen molar-refractivity contribution in [1.82, 2.24) is 10.2 Å². The van der Waals surface area contributed by atoms with Gasteiger partial charge in [-0.1, -0.05) is 53.2 Å². The number of anilines is 1. The Bertz CT molecular complexity index is 1280. The maximum absolute atomic E-state index is 14.8. The van der Waals surface area contributed by atoms with E-state index in [0.717, 1.165) is 16.8 Å². The van der Waals surface area contributed by atoms with Gasteiger partial charge < -0.3 is 29.7 Å². The van der Waals surface area contributed by atoms with Gasteiger partial charge in [0.15, 0.2) is 0 Å². The minimum absolute atomic E-state index is 0.114. The number of carbonyl (C=O) groups is 4. The van der Waals surface area contributed by atoms with Crippen LogP contribution in [0.3, 0.4) is 0 Å². The maximum Gasteiger partial charge on any atom is 0.312 e. The average molecular weight is 675 g/mol. The van der Waals surface area contributed by atoms with Crippen molar-refractivity contribution in [2.24, 2.45) is 11.8 Å². The fourth-order valence-corrected chi connectivity index (χ4v) is 8.06. The van der Waals surface area contributed by atoms with Crippen molar-refractivity contribution in [3.05, 3.63) is 54.6 Å². The van der Waals surface area contributed by atoms with Gasteiger partial charge in [0.05, 0.1) is 37.1 Å². The molecular weight excluding hydrogens is 630 g/mol. The third-order valence-electron chi connectivity index (χ3n) is 9.08. The molecule has 3 amide bonds. The highest BCUT2D eigenvalue weighted by molar-refractivity contribution is 9.09. The number of hydrogen-bond acceptors (Lipinski definition) is 7. The lowest BCUT2D eigenvalue weighted by molar-refractivity contribution is -0.159. The first-order valence-electron chi connectivity index (χ1n) is 15.3. The number of nitrogens with one attached hydrogen (secondary N) is 1. The van der Waals surface area contributed by atoms with E-state index in [-0.39, 0.29) is 42.8 Å². The number of alkyl halides is 1. The molecule has 0 aromatic heterocycles. The SMILES string of the molecule is C=CCCC(=O)NC[C@@H](C)OC(=O)[C@@H]1[C@H]2O[C@@]3(CC2Br)[C@H](C(=O)N(CC=C)c2c(C)cccc2C)N([C@@H](CC)CO)C(=O)[C@@H]13. The molecule has 1 spiro atoms. The third kappa shape index (κ3) is 5.98. The van der Waals surface area contributed by atoms with Crippen LogP contribution in [0.25, 0.3) is 0 Å². The molecule has 3 aliphatic heterocycles. The number of ether oxygens (including phenoxy) is 2. The Labute approximate surface area is 267 Å². The van der Waals surface area contributed by atoms with Crippen LogP contribution in [0, 0.1) is 25.7 Å². The van der Waals surface area contributed by atoms with E-state index in [0.29, 0.717) is 19.3 Å². The van der Waals surface area contributed by atoms with E-state index >= 15 is 0 Å². The van der Waals surface area contributed by atoms with E-state index in [2.05, 4.69) is 34.4 Å². The molecule has 1 aromatic carbocycles. The molecule has 0 radical (unpaired) electrons. The lowest BCUT2D eigenvalue weighted by atomic mass is 9.70. The molecule has 4 rings (SSSR count). The van der Waals surface area contributed by atoms with Gasteiger partial charge >= 0.3 is 5.97 Å². The highest BCUT2D eigenvalue weighted by Gasteiger charge is 2.77. The first-order valence-corrected chi connectivity index (χ1v) is 16.2. The molecule has 3 fully saturated rings. The number of nitrogens with zero attached hydrogens (tertiary/aromatic N) is 2. The van der Waals surface area contributed by atoms with Gasteiger partial charge in [-0.15, -0.1) is 13.2 Å². The van der Waals surface area contributed by atoms with Crippen molar-refractivity contribution in [2.75, 3.05) is 24.6 Å². The number of halogens is 1. The largest absolute Gasteiger partial charge is 0.460 e. The number of benzene rings is 1. The van der Waals surface area contributed by atoms with Crippen molar-refractivity contribution in [1.29, 1.82) is 0 Å². The van der Waals surface area contributed by atoms with Crippen molar-refractivity contribution < 1.29 is 33.8 Å². The number of likely N-dealkylation sites (tertiary alicyclic amines) is 1. The lowest BCUT2D eigenvalue weighted by Crippen LogP contribution is -2.59. The van der Waals surface area contributed by atoms with E-state index in [4.69, 9.17) is 9.47 Å². The molecule has 8 atom stereocenters. The van der Waals surface area contributed by atoms with Crippen LogP contribution < -0.4 is 10.2 Å². The highest BCUT2D eigenvalue weighted by Crippen LogP contribution is 2.61. The summed E-state index contributed by atoms with van der Waals surface area (Å²) in [6.07, 6.45) is 3.50. The van der Waals surface area contributed by atoms with Gasteiger partial charge in [-0.2, -0.15) is 0 Å². The summed E-state index contributed by atoms with van der Waals surface area (Å²) in [5, 5.41) is 13.1. The molecule has 0 aliphatic carbocycles. The first-order chi connectivity index (χ1) is 21.0. The Morgan fingerprint density at radius 2 is 1.95 bits per heavy atom. The molecule has 1 aromatic rings. The first kappa shape index (κ1) is 33.9. The summed E-state index contributed by atoms with van der Waals surface area (Å²) in [5.41, 5.74) is 1.20. The second kappa shape index (κ2) is 14.0. The number of carbonyl (C=O) groups excluding carboxylic acids is 4. The summed E-state index contributed by atoms with van der Waals surface area (Å²) in [6, 6.07) is 4.03. The maximum atomic E-state index is 14.8. The standard InChI is InChI=1S/C33H44BrN3O7/c1-7-10-14-24(39)35-17-21(6)43-32(42)25-26-30(40)37(22(9-3)18-38)29(33(26)16-23(34)28(25)44-33)31(41)36(15-8-2)27-19(4)12-11-13-20(27)5/h7-8,11-13,21-23,25-26,28-29,38H,1-2,9-10,14-18H2,3-6H3,(H,35,39)/t21-,22+,23?,25+,26-,28+,29+,33-/m1/s1. The molecule has 2 N–H and O–H groups in total. The van der Waals surface area contributed by atoms with Crippen molar-refractivity contribution >= 4 is 45.3 Å². The number of rotatable bonds is 14. The molecule has 3 saturated heterocycles. The topological polar surface area (TPSA) is 125 Å². The summed E-state index contributed by atoms with van der Waals surface area (Å²) in [6.45, 7) is 14.8. The molecule has 11 heteroatoms. The number of aliphatic hydroxyl groups is 1. The molecule has 44 heavy (non-hydrogen) atoms. The lowest BCUT2D eigenvalue weighted by Gasteiger charge is -2.39. The number of aryl methyl sites for hydroxylation is 2. The van der Waals surface area contributed by atoms with Crippen LogP contribution in [0.1, 0.15) is 50.7 Å². The van der Waals surface area contributed by atoms with E-state index < -0.39 is 53.6 Å². The number of aliphatic hydroxyl groups excluding tert-OH is 1. The predicted molar refractivity (Wildman–Crippen MR) is 170 cm³/mol. The molecule has 10 nitrogen and oxygen atoms in total. The number of hydrogen-bond donors (Lipinski definition) is 2. The smallest absolute Gasteiger partial charge is 0.312 e. The monoisotopic (exact) mass is 673 g/mol. The van der Waals surface area contributed by atoms with Crippen molar-refractivity contribution in [3.63, 3.8) is 0 Å². The van der Waals surface area contributed by atoms with E-state index in [9.17, 15) is 24.3 Å². The number of allylic oxidation sites excluding steroid dienone is 1. The Hall–Kier alpha value is -3.02.